The Labute approximate surface area is 167 Å². The van der Waals surface area contributed by atoms with E-state index in [2.05, 4.69) is 21.9 Å². The lowest BCUT2D eigenvalue weighted by Crippen LogP contribution is -2.40. The van der Waals surface area contributed by atoms with Crippen molar-refractivity contribution >= 4 is 27.3 Å². The Hall–Kier alpha value is -0.960. The van der Waals surface area contributed by atoms with Gasteiger partial charge < -0.3 is 10.2 Å². The molecule has 1 atom stereocenters. The summed E-state index contributed by atoms with van der Waals surface area (Å²) in [6.45, 7) is 11.8. The number of thiophene rings is 1. The summed E-state index contributed by atoms with van der Waals surface area (Å²) in [6.07, 6.45) is 2.84. The molecule has 0 aromatic carbocycles. The predicted molar refractivity (Wildman–Crippen MR) is 111 cm³/mol. The Morgan fingerprint density at radius 3 is 2.74 bits per heavy atom. The Bertz CT molecular complexity index is 723. The normalized spacial score (nSPS) is 19.2. The van der Waals surface area contributed by atoms with E-state index in [0.717, 1.165) is 37.4 Å². The lowest BCUT2D eigenvalue weighted by molar-refractivity contribution is -0.128. The number of carbonyl (C=O) groups excluding carboxylic acids is 1. The molecule has 1 saturated heterocycles. The van der Waals surface area contributed by atoms with Crippen molar-refractivity contribution in [2.24, 2.45) is 11.3 Å². The highest BCUT2D eigenvalue weighted by molar-refractivity contribution is 7.91. The number of sulfonamides is 1. The van der Waals surface area contributed by atoms with E-state index < -0.39 is 15.4 Å². The van der Waals surface area contributed by atoms with Crippen LogP contribution in [0.1, 0.15) is 45.4 Å². The standard InChI is InChI=1S/C19H33N3O3S2/c1-5-22-12-6-7-15(14-22)13-21-27(24,25)17-9-8-16(26-17)10-11-20-18(23)19(2,3)4/h8-9,15,21H,5-7,10-14H2,1-4H3,(H,20,23)/t15-/m0/s1. The highest BCUT2D eigenvalue weighted by atomic mass is 32.2. The van der Waals surface area contributed by atoms with Gasteiger partial charge in [-0.15, -0.1) is 11.3 Å². The van der Waals surface area contributed by atoms with Gasteiger partial charge in [-0.2, -0.15) is 0 Å². The second kappa shape index (κ2) is 9.49. The van der Waals surface area contributed by atoms with Crippen LogP contribution in [0.3, 0.4) is 0 Å². The van der Waals surface area contributed by atoms with Crippen molar-refractivity contribution in [2.45, 2.75) is 51.2 Å². The van der Waals surface area contributed by atoms with E-state index in [9.17, 15) is 13.2 Å². The zero-order chi connectivity index (χ0) is 20.1. The van der Waals surface area contributed by atoms with Crippen molar-refractivity contribution in [3.63, 3.8) is 0 Å². The topological polar surface area (TPSA) is 78.5 Å². The number of likely N-dealkylation sites (tertiary alicyclic amines) is 1. The number of amides is 1. The van der Waals surface area contributed by atoms with E-state index in [0.29, 0.717) is 29.6 Å². The monoisotopic (exact) mass is 415 g/mol. The van der Waals surface area contributed by atoms with E-state index in [-0.39, 0.29) is 5.91 Å². The molecule has 6 nitrogen and oxygen atoms in total. The number of hydrogen-bond donors (Lipinski definition) is 2. The number of piperidine rings is 1. The molecule has 0 radical (unpaired) electrons. The van der Waals surface area contributed by atoms with Gasteiger partial charge >= 0.3 is 0 Å². The van der Waals surface area contributed by atoms with Crippen LogP contribution in [0.4, 0.5) is 0 Å². The Kier molecular flexibility index (Phi) is 7.85. The van der Waals surface area contributed by atoms with Gasteiger partial charge in [-0.3, -0.25) is 4.79 Å². The van der Waals surface area contributed by atoms with Crippen molar-refractivity contribution in [1.82, 2.24) is 14.9 Å². The van der Waals surface area contributed by atoms with Crippen molar-refractivity contribution < 1.29 is 13.2 Å². The molecule has 1 amide bonds. The zero-order valence-corrected chi connectivity index (χ0v) is 18.5. The van der Waals surface area contributed by atoms with Gasteiger partial charge in [0.15, 0.2) is 0 Å². The lowest BCUT2D eigenvalue weighted by atomic mass is 9.96. The van der Waals surface area contributed by atoms with Crippen LogP contribution in [0.5, 0.6) is 0 Å². The number of hydrogen-bond acceptors (Lipinski definition) is 5. The summed E-state index contributed by atoms with van der Waals surface area (Å²) >= 11 is 1.28. The van der Waals surface area contributed by atoms with Crippen molar-refractivity contribution in [1.29, 1.82) is 0 Å². The highest BCUT2D eigenvalue weighted by Gasteiger charge is 2.23. The summed E-state index contributed by atoms with van der Waals surface area (Å²) in [6, 6.07) is 3.50. The molecule has 1 aliphatic heterocycles. The predicted octanol–water partition coefficient (Wildman–Crippen LogP) is 2.46. The third-order valence-electron chi connectivity index (χ3n) is 4.85. The first-order chi connectivity index (χ1) is 12.6. The van der Waals surface area contributed by atoms with Crippen LogP contribution in [0.25, 0.3) is 0 Å². The summed E-state index contributed by atoms with van der Waals surface area (Å²) in [4.78, 5) is 15.2. The minimum Gasteiger partial charge on any atom is -0.355 e. The summed E-state index contributed by atoms with van der Waals surface area (Å²) < 4.78 is 28.3. The second-order valence-electron chi connectivity index (χ2n) is 8.23. The van der Waals surface area contributed by atoms with E-state index in [1.165, 1.54) is 11.3 Å². The maximum absolute atomic E-state index is 12.6. The summed E-state index contributed by atoms with van der Waals surface area (Å²) in [5.74, 6) is 0.377. The molecule has 2 heterocycles. The third-order valence-corrected chi connectivity index (χ3v) is 7.91. The molecule has 0 spiro atoms. The van der Waals surface area contributed by atoms with E-state index in [4.69, 9.17) is 0 Å². The van der Waals surface area contributed by atoms with Gasteiger partial charge in [0.05, 0.1) is 0 Å². The fourth-order valence-electron chi connectivity index (χ4n) is 3.11. The highest BCUT2D eigenvalue weighted by Crippen LogP contribution is 2.23. The van der Waals surface area contributed by atoms with Crippen LogP contribution in [0, 0.1) is 11.3 Å². The maximum atomic E-state index is 12.6. The van der Waals surface area contributed by atoms with Crippen molar-refractivity contribution in [3.8, 4) is 0 Å². The molecular weight excluding hydrogens is 382 g/mol. The summed E-state index contributed by atoms with van der Waals surface area (Å²) in [5.41, 5.74) is -0.416. The molecule has 1 aromatic heterocycles. The molecule has 1 aliphatic rings. The van der Waals surface area contributed by atoms with E-state index in [1.54, 1.807) is 6.07 Å². The first-order valence-corrected chi connectivity index (χ1v) is 12.0. The SMILES string of the molecule is CCN1CCC[C@@H](CNS(=O)(=O)c2ccc(CCNC(=O)C(C)(C)C)s2)C1. The Balaban J connectivity index is 1.84. The molecule has 1 fully saturated rings. The van der Waals surface area contributed by atoms with Crippen molar-refractivity contribution in [2.75, 3.05) is 32.7 Å². The second-order valence-corrected chi connectivity index (χ2v) is 11.4. The number of rotatable bonds is 8. The molecule has 1 aromatic rings. The average Bonchev–Trinajstić information content (AvgIpc) is 3.09. The fraction of sp³-hybridized carbons (Fsp3) is 0.737. The summed E-state index contributed by atoms with van der Waals surface area (Å²) in [7, 11) is -3.46. The smallest absolute Gasteiger partial charge is 0.250 e. The van der Waals surface area contributed by atoms with Gasteiger partial charge in [0.1, 0.15) is 4.21 Å². The van der Waals surface area contributed by atoms with Crippen LogP contribution < -0.4 is 10.0 Å². The minimum absolute atomic E-state index is 0.00201. The van der Waals surface area contributed by atoms with Gasteiger partial charge in [0.25, 0.3) is 0 Å². The van der Waals surface area contributed by atoms with Gasteiger partial charge in [0.2, 0.25) is 15.9 Å². The number of nitrogens with one attached hydrogen (secondary N) is 2. The molecule has 2 N–H and O–H groups in total. The molecule has 0 aliphatic carbocycles. The first-order valence-electron chi connectivity index (χ1n) is 9.71. The van der Waals surface area contributed by atoms with E-state index in [1.807, 2.05) is 26.8 Å². The molecular formula is C19H33N3O3S2. The van der Waals surface area contributed by atoms with Gasteiger partial charge in [-0.05, 0) is 50.4 Å². The van der Waals surface area contributed by atoms with Gasteiger partial charge in [-0.25, -0.2) is 13.1 Å². The maximum Gasteiger partial charge on any atom is 0.250 e. The quantitative estimate of drug-likeness (QED) is 0.684. The van der Waals surface area contributed by atoms with Crippen LogP contribution in [-0.4, -0.2) is 51.9 Å². The zero-order valence-electron chi connectivity index (χ0n) is 16.9. The molecule has 0 saturated carbocycles. The summed E-state index contributed by atoms with van der Waals surface area (Å²) in [5, 5.41) is 2.89. The van der Waals surface area contributed by atoms with Crippen molar-refractivity contribution in [3.05, 3.63) is 17.0 Å². The van der Waals surface area contributed by atoms with Crippen LogP contribution in [-0.2, 0) is 21.2 Å². The minimum atomic E-state index is -3.46. The Morgan fingerprint density at radius 1 is 1.33 bits per heavy atom. The molecule has 2 rings (SSSR count). The molecule has 8 heteroatoms. The molecule has 154 valence electrons. The van der Waals surface area contributed by atoms with Crippen LogP contribution in [0.15, 0.2) is 16.3 Å². The molecule has 0 unspecified atom stereocenters. The molecule has 0 bridgehead atoms. The Morgan fingerprint density at radius 2 is 2.07 bits per heavy atom. The lowest BCUT2D eigenvalue weighted by Gasteiger charge is -2.31. The molecule has 27 heavy (non-hydrogen) atoms. The van der Waals surface area contributed by atoms with E-state index >= 15 is 0 Å². The van der Waals surface area contributed by atoms with Gasteiger partial charge in [-0.1, -0.05) is 27.7 Å². The largest absolute Gasteiger partial charge is 0.355 e. The fourth-order valence-corrected chi connectivity index (χ4v) is 5.62. The van der Waals surface area contributed by atoms with Gasteiger partial charge in [0, 0.05) is 29.9 Å². The van der Waals surface area contributed by atoms with Crippen LogP contribution >= 0.6 is 11.3 Å². The number of carbonyl (C=O) groups is 1. The first kappa shape index (κ1) is 22.3. The third kappa shape index (κ3) is 6.85. The average molecular weight is 416 g/mol. The van der Waals surface area contributed by atoms with Crippen LogP contribution in [0.2, 0.25) is 0 Å². The number of nitrogens with zero attached hydrogens (tertiary/aromatic N) is 1.